The number of pyridine rings is 1. The third-order valence-corrected chi connectivity index (χ3v) is 6.99. The van der Waals surface area contributed by atoms with Gasteiger partial charge in [0.2, 0.25) is 5.91 Å². The molecule has 35 heavy (non-hydrogen) atoms. The summed E-state index contributed by atoms with van der Waals surface area (Å²) < 4.78 is 20.0. The molecule has 4 aromatic rings. The number of hydrogen-bond acceptors (Lipinski definition) is 6. The highest BCUT2D eigenvalue weighted by Crippen LogP contribution is 2.32. The van der Waals surface area contributed by atoms with Gasteiger partial charge in [-0.1, -0.05) is 23.8 Å². The second-order valence-corrected chi connectivity index (χ2v) is 9.48. The lowest BCUT2D eigenvalue weighted by atomic mass is 9.89. The first-order valence-electron chi connectivity index (χ1n) is 11.5. The van der Waals surface area contributed by atoms with Crippen molar-refractivity contribution in [2.24, 2.45) is 0 Å². The summed E-state index contributed by atoms with van der Waals surface area (Å²) in [5, 5.41) is 2.83. The van der Waals surface area contributed by atoms with E-state index < -0.39 is 11.8 Å². The maximum Gasteiger partial charge on any atom is 0.339 e. The Balaban J connectivity index is 1.42. The number of carbonyl (C=O) groups excluding carboxylic acids is 2. The topological polar surface area (TPSA) is 72.4 Å². The standard InChI is InChI=1S/C27H24FN3O3S/c1-16-11-12-23-20(13-16)25(19-7-3-5-9-22(19)30-23)26(33)34-14-18-15-35-27(29-18)31(17(2)32)24-10-6-4-8-21(24)28/h4,6,8,10-13,15H,3,5,7,9,14H2,1-2H3. The summed E-state index contributed by atoms with van der Waals surface area (Å²) in [5.41, 5.74) is 4.98. The molecular weight excluding hydrogens is 465 g/mol. The van der Waals surface area contributed by atoms with E-state index in [-0.39, 0.29) is 18.2 Å². The van der Waals surface area contributed by atoms with Gasteiger partial charge in [0.15, 0.2) is 5.13 Å². The van der Waals surface area contributed by atoms with E-state index in [1.165, 1.54) is 35.3 Å². The predicted octanol–water partition coefficient (Wildman–Crippen LogP) is 6.06. The zero-order valence-electron chi connectivity index (χ0n) is 19.5. The van der Waals surface area contributed by atoms with Gasteiger partial charge in [0.05, 0.1) is 22.5 Å². The average molecular weight is 490 g/mol. The van der Waals surface area contributed by atoms with Gasteiger partial charge in [-0.15, -0.1) is 11.3 Å². The maximum atomic E-state index is 14.3. The number of aromatic nitrogens is 2. The molecule has 1 aliphatic rings. The van der Waals surface area contributed by atoms with Crippen molar-refractivity contribution in [2.75, 3.05) is 4.90 Å². The first kappa shape index (κ1) is 23.1. The fourth-order valence-corrected chi connectivity index (χ4v) is 5.35. The van der Waals surface area contributed by atoms with Crippen molar-refractivity contribution < 1.29 is 18.7 Å². The number of benzene rings is 2. The average Bonchev–Trinajstić information content (AvgIpc) is 3.30. The van der Waals surface area contributed by atoms with E-state index >= 15 is 0 Å². The summed E-state index contributed by atoms with van der Waals surface area (Å²) in [6.45, 7) is 3.29. The van der Waals surface area contributed by atoms with Crippen LogP contribution in [-0.4, -0.2) is 21.8 Å². The zero-order valence-corrected chi connectivity index (χ0v) is 20.3. The van der Waals surface area contributed by atoms with Crippen molar-refractivity contribution in [1.29, 1.82) is 0 Å². The molecule has 0 radical (unpaired) electrons. The lowest BCUT2D eigenvalue weighted by Crippen LogP contribution is -2.23. The van der Waals surface area contributed by atoms with Crippen molar-refractivity contribution in [2.45, 2.75) is 46.1 Å². The molecule has 6 nitrogen and oxygen atoms in total. The molecule has 8 heteroatoms. The number of fused-ring (bicyclic) bond motifs is 2. The molecule has 0 fully saturated rings. The van der Waals surface area contributed by atoms with Gasteiger partial charge in [0.1, 0.15) is 12.4 Å². The summed E-state index contributed by atoms with van der Waals surface area (Å²) in [7, 11) is 0. The van der Waals surface area contributed by atoms with Crippen LogP contribution in [0.15, 0.2) is 47.8 Å². The van der Waals surface area contributed by atoms with Gasteiger partial charge in [-0.3, -0.25) is 14.7 Å². The Labute approximate surface area is 206 Å². The molecule has 0 saturated heterocycles. The van der Waals surface area contributed by atoms with Crippen LogP contribution in [0.25, 0.3) is 10.9 Å². The first-order chi connectivity index (χ1) is 16.9. The van der Waals surface area contributed by atoms with Crippen molar-refractivity contribution in [3.05, 3.63) is 81.7 Å². The van der Waals surface area contributed by atoms with Crippen molar-refractivity contribution >= 4 is 44.9 Å². The normalized spacial score (nSPS) is 12.9. The number of rotatable bonds is 5. The number of halogens is 1. The summed E-state index contributed by atoms with van der Waals surface area (Å²) in [6, 6.07) is 12.0. The number of anilines is 2. The maximum absolute atomic E-state index is 14.3. The van der Waals surface area contributed by atoms with Crippen LogP contribution in [0.4, 0.5) is 15.2 Å². The van der Waals surface area contributed by atoms with Crippen LogP contribution in [0.5, 0.6) is 0 Å². The van der Waals surface area contributed by atoms with E-state index in [1.54, 1.807) is 17.5 Å². The van der Waals surface area contributed by atoms with Gasteiger partial charge in [0.25, 0.3) is 0 Å². The Hall–Kier alpha value is -3.65. The highest BCUT2D eigenvalue weighted by atomic mass is 32.1. The smallest absolute Gasteiger partial charge is 0.339 e. The van der Waals surface area contributed by atoms with Crippen molar-refractivity contribution in [3.8, 4) is 0 Å². The highest BCUT2D eigenvalue weighted by Gasteiger charge is 2.25. The number of ether oxygens (including phenoxy) is 1. The minimum absolute atomic E-state index is 0.0528. The number of nitrogens with zero attached hydrogens (tertiary/aromatic N) is 3. The van der Waals surface area contributed by atoms with Crippen LogP contribution in [-0.2, 0) is 29.0 Å². The molecule has 2 aromatic carbocycles. The minimum Gasteiger partial charge on any atom is -0.456 e. The third-order valence-electron chi connectivity index (χ3n) is 6.11. The van der Waals surface area contributed by atoms with Crippen molar-refractivity contribution in [3.63, 3.8) is 0 Å². The van der Waals surface area contributed by atoms with Crippen LogP contribution in [0.3, 0.4) is 0 Å². The second-order valence-electron chi connectivity index (χ2n) is 8.64. The van der Waals surface area contributed by atoms with Crippen LogP contribution >= 0.6 is 11.3 Å². The molecule has 178 valence electrons. The highest BCUT2D eigenvalue weighted by molar-refractivity contribution is 7.14. The molecule has 0 atom stereocenters. The molecule has 0 bridgehead atoms. The van der Waals surface area contributed by atoms with Crippen LogP contribution in [0, 0.1) is 12.7 Å². The fourth-order valence-electron chi connectivity index (χ4n) is 4.49. The molecule has 0 spiro atoms. The number of thiazole rings is 1. The number of para-hydroxylation sites is 1. The Morgan fingerprint density at radius 2 is 1.91 bits per heavy atom. The summed E-state index contributed by atoms with van der Waals surface area (Å²) in [6.07, 6.45) is 3.72. The SMILES string of the molecule is CC(=O)N(c1nc(COC(=O)c2c3c(nc4ccc(C)cc24)CCCC3)cs1)c1ccccc1F. The van der Waals surface area contributed by atoms with E-state index in [1.807, 2.05) is 25.1 Å². The molecule has 2 aromatic heterocycles. The molecule has 2 heterocycles. The van der Waals surface area contributed by atoms with Crippen molar-refractivity contribution in [1.82, 2.24) is 9.97 Å². The van der Waals surface area contributed by atoms with E-state index in [0.717, 1.165) is 53.4 Å². The largest absolute Gasteiger partial charge is 0.456 e. The van der Waals surface area contributed by atoms with Gasteiger partial charge < -0.3 is 4.74 Å². The second kappa shape index (κ2) is 9.54. The Bertz CT molecular complexity index is 1450. The van der Waals surface area contributed by atoms with Gasteiger partial charge in [-0.05, 0) is 62.4 Å². The molecule has 0 aliphatic heterocycles. The summed E-state index contributed by atoms with van der Waals surface area (Å²) in [4.78, 5) is 36.1. The Morgan fingerprint density at radius 1 is 1.11 bits per heavy atom. The first-order valence-corrected chi connectivity index (χ1v) is 12.4. The monoisotopic (exact) mass is 489 g/mol. The van der Waals surface area contributed by atoms with E-state index in [4.69, 9.17) is 9.72 Å². The molecule has 0 saturated carbocycles. The number of carbonyl (C=O) groups is 2. The summed E-state index contributed by atoms with van der Waals surface area (Å²) >= 11 is 1.19. The Kier molecular flexibility index (Phi) is 6.30. The number of amides is 1. The lowest BCUT2D eigenvalue weighted by molar-refractivity contribution is -0.115. The number of hydrogen-bond donors (Lipinski definition) is 0. The quantitative estimate of drug-likeness (QED) is 0.319. The number of esters is 1. The van der Waals surface area contributed by atoms with Gasteiger partial charge in [-0.25, -0.2) is 14.2 Å². The fraction of sp³-hybridized carbons (Fsp3) is 0.259. The van der Waals surface area contributed by atoms with E-state index in [2.05, 4.69) is 4.98 Å². The van der Waals surface area contributed by atoms with Gasteiger partial charge in [0, 0.05) is 23.4 Å². The molecule has 1 amide bonds. The van der Waals surface area contributed by atoms with E-state index in [0.29, 0.717) is 16.4 Å². The van der Waals surface area contributed by atoms with E-state index in [9.17, 15) is 14.0 Å². The molecule has 0 unspecified atom stereocenters. The molecule has 1 aliphatic carbocycles. The lowest BCUT2D eigenvalue weighted by Gasteiger charge is -2.20. The zero-order chi connectivity index (χ0) is 24.5. The van der Waals surface area contributed by atoms with Crippen LogP contribution in [0.1, 0.15) is 52.6 Å². The predicted molar refractivity (Wildman–Crippen MR) is 134 cm³/mol. The third kappa shape index (κ3) is 4.53. The number of aryl methyl sites for hydroxylation is 2. The van der Waals surface area contributed by atoms with Crippen LogP contribution in [0.2, 0.25) is 0 Å². The molecule has 0 N–H and O–H groups in total. The molecular formula is C27H24FN3O3S. The molecule has 5 rings (SSSR count). The summed E-state index contributed by atoms with van der Waals surface area (Å²) in [5.74, 6) is -1.29. The van der Waals surface area contributed by atoms with Gasteiger partial charge >= 0.3 is 5.97 Å². The Morgan fingerprint density at radius 3 is 2.71 bits per heavy atom. The minimum atomic E-state index is -0.518. The van der Waals surface area contributed by atoms with Crippen LogP contribution < -0.4 is 4.90 Å². The van der Waals surface area contributed by atoms with Gasteiger partial charge in [-0.2, -0.15) is 0 Å².